The third-order valence-corrected chi connectivity index (χ3v) is 9.74. The molecule has 11 nitrogen and oxygen atoms in total. The molecule has 0 aliphatic rings. The van der Waals surface area contributed by atoms with Crippen LogP contribution in [0.1, 0.15) is 22.5 Å². The Kier molecular flexibility index (Phi) is 12.4. The summed E-state index contributed by atoms with van der Waals surface area (Å²) in [7, 11) is -7.80. The molecule has 262 valence electrons. The zero-order valence-corrected chi connectivity index (χ0v) is 29.2. The number of benzene rings is 4. The normalized spacial score (nSPS) is 11.6. The monoisotopic (exact) mass is 719 g/mol. The van der Waals surface area contributed by atoms with E-state index in [-0.39, 0.29) is 49.4 Å². The molecule has 0 fully saturated rings. The lowest BCUT2D eigenvalue weighted by Crippen LogP contribution is -2.13. The fourth-order valence-electron chi connectivity index (χ4n) is 4.51. The Balaban J connectivity index is 1.09. The summed E-state index contributed by atoms with van der Waals surface area (Å²) in [6, 6.07) is 32.4. The molecule has 5 aromatic rings. The van der Waals surface area contributed by atoms with Crippen LogP contribution >= 0.6 is 0 Å². The van der Waals surface area contributed by atoms with Crippen molar-refractivity contribution in [3.05, 3.63) is 138 Å². The molecule has 0 bridgehead atoms. The van der Waals surface area contributed by atoms with Gasteiger partial charge in [-0.3, -0.25) is 13.4 Å². The van der Waals surface area contributed by atoms with Crippen LogP contribution in [0.2, 0.25) is 0 Å². The first-order valence-corrected chi connectivity index (χ1v) is 18.5. The quantitative estimate of drug-likeness (QED) is 0.0733. The Morgan fingerprint density at radius 2 is 0.800 bits per heavy atom. The number of hydrogen-bond donors (Lipinski definition) is 0. The second-order valence-electron chi connectivity index (χ2n) is 11.0. The maximum absolute atomic E-state index is 12.4. The molecule has 0 N–H and O–H groups in total. The predicted octanol–water partition coefficient (Wildman–Crippen LogP) is 6.43. The summed E-state index contributed by atoms with van der Waals surface area (Å²) >= 11 is 0. The van der Waals surface area contributed by atoms with Gasteiger partial charge in [0.25, 0.3) is 20.2 Å². The van der Waals surface area contributed by atoms with Gasteiger partial charge in [-0.05, 0) is 74.5 Å². The van der Waals surface area contributed by atoms with Gasteiger partial charge in [-0.2, -0.15) is 16.8 Å². The smallest absolute Gasteiger partial charge is 0.297 e. The van der Waals surface area contributed by atoms with E-state index in [1.54, 1.807) is 72.8 Å². The molecular weight excluding hydrogens is 683 g/mol. The molecule has 0 saturated carbocycles. The van der Waals surface area contributed by atoms with Crippen molar-refractivity contribution in [1.82, 2.24) is 4.98 Å². The van der Waals surface area contributed by atoms with Crippen molar-refractivity contribution in [1.29, 1.82) is 0 Å². The molecule has 13 heteroatoms. The van der Waals surface area contributed by atoms with E-state index in [0.717, 1.165) is 11.1 Å². The number of aryl methyl sites for hydroxylation is 2. The van der Waals surface area contributed by atoms with E-state index in [4.69, 9.17) is 27.3 Å². The van der Waals surface area contributed by atoms with E-state index in [9.17, 15) is 16.8 Å². The Morgan fingerprint density at radius 1 is 0.440 bits per heavy atom. The third kappa shape index (κ3) is 10.5. The topological polar surface area (TPSA) is 137 Å². The lowest BCUT2D eigenvalue weighted by molar-refractivity contribution is 0.207. The summed E-state index contributed by atoms with van der Waals surface area (Å²) in [6.45, 7) is 3.64. The summed E-state index contributed by atoms with van der Waals surface area (Å²) in [5, 5.41) is 0. The van der Waals surface area contributed by atoms with Gasteiger partial charge in [0, 0.05) is 0 Å². The molecule has 0 saturated heterocycles. The van der Waals surface area contributed by atoms with Crippen LogP contribution in [0.4, 0.5) is 0 Å². The standard InChI is InChI=1S/C37H37NO10S2/c1-28-14-18-32(19-15-28)49(39,40)47-24-22-43-34-10-3-5-12-36(34)45-26-30-8-7-9-31(38-30)27-46-37-13-6-4-11-35(37)44-23-25-48-50(41,42)33-20-16-29(2)17-21-33/h3-21H,22-27H2,1-2H3. The second kappa shape index (κ2) is 17.1. The fraction of sp³-hybridized carbons (Fsp3) is 0.216. The van der Waals surface area contributed by atoms with Crippen molar-refractivity contribution in [2.24, 2.45) is 0 Å². The van der Waals surface area contributed by atoms with Crippen molar-refractivity contribution < 1.29 is 44.1 Å². The first-order valence-electron chi connectivity index (χ1n) is 15.7. The van der Waals surface area contributed by atoms with Crippen molar-refractivity contribution in [3.8, 4) is 23.0 Å². The maximum atomic E-state index is 12.4. The van der Waals surface area contributed by atoms with E-state index < -0.39 is 20.2 Å². The van der Waals surface area contributed by atoms with E-state index in [1.807, 2.05) is 32.0 Å². The Hall–Kier alpha value is -4.95. The molecule has 0 unspecified atom stereocenters. The number of pyridine rings is 1. The van der Waals surface area contributed by atoms with Gasteiger partial charge in [-0.25, -0.2) is 0 Å². The minimum absolute atomic E-state index is 0.0126. The highest BCUT2D eigenvalue weighted by atomic mass is 32.2. The first-order chi connectivity index (χ1) is 24.1. The SMILES string of the molecule is Cc1ccc(S(=O)(=O)OCCOc2ccccc2OCc2cccc(COc3ccccc3OCCOS(=O)(=O)c3ccc(C)cc3)n2)cc1. The molecular formula is C37H37NO10S2. The summed E-state index contributed by atoms with van der Waals surface area (Å²) < 4.78 is 83.5. The van der Waals surface area contributed by atoms with Gasteiger partial charge in [0.05, 0.1) is 21.2 Å². The van der Waals surface area contributed by atoms with E-state index in [1.165, 1.54) is 24.3 Å². The zero-order valence-electron chi connectivity index (χ0n) is 27.6. The van der Waals surface area contributed by atoms with Gasteiger partial charge in [0.2, 0.25) is 0 Å². The van der Waals surface area contributed by atoms with Crippen LogP contribution < -0.4 is 18.9 Å². The van der Waals surface area contributed by atoms with Gasteiger partial charge in [-0.15, -0.1) is 0 Å². The number of rotatable bonds is 18. The van der Waals surface area contributed by atoms with Gasteiger partial charge in [0.1, 0.15) is 39.6 Å². The molecule has 50 heavy (non-hydrogen) atoms. The Bertz CT molecular complexity index is 1920. The number of nitrogens with zero attached hydrogens (tertiary/aromatic N) is 1. The zero-order chi connectivity index (χ0) is 35.4. The van der Waals surface area contributed by atoms with Crippen molar-refractivity contribution in [2.45, 2.75) is 36.9 Å². The first kappa shape index (κ1) is 36.3. The Labute approximate surface area is 292 Å². The highest BCUT2D eigenvalue weighted by Crippen LogP contribution is 2.29. The van der Waals surface area contributed by atoms with Gasteiger partial charge in [-0.1, -0.05) is 65.7 Å². The number of aromatic nitrogens is 1. The average molecular weight is 720 g/mol. The molecule has 4 aromatic carbocycles. The highest BCUT2D eigenvalue weighted by molar-refractivity contribution is 7.87. The van der Waals surface area contributed by atoms with Gasteiger partial charge < -0.3 is 18.9 Å². The van der Waals surface area contributed by atoms with Crippen molar-refractivity contribution >= 4 is 20.2 Å². The molecule has 1 aromatic heterocycles. The van der Waals surface area contributed by atoms with E-state index >= 15 is 0 Å². The lowest BCUT2D eigenvalue weighted by Gasteiger charge is -2.14. The summed E-state index contributed by atoms with van der Waals surface area (Å²) in [6.07, 6.45) is 0. The summed E-state index contributed by atoms with van der Waals surface area (Å²) in [5.41, 5.74) is 3.18. The minimum atomic E-state index is -3.90. The molecule has 0 aliphatic heterocycles. The molecule has 0 spiro atoms. The maximum Gasteiger partial charge on any atom is 0.297 e. The summed E-state index contributed by atoms with van der Waals surface area (Å²) in [5.74, 6) is 1.77. The Morgan fingerprint density at radius 3 is 1.18 bits per heavy atom. The molecule has 5 rings (SSSR count). The van der Waals surface area contributed by atoms with Crippen molar-refractivity contribution in [3.63, 3.8) is 0 Å². The molecule has 0 amide bonds. The van der Waals surface area contributed by atoms with Crippen LogP contribution in [0.15, 0.2) is 125 Å². The molecule has 0 atom stereocenters. The number of ether oxygens (including phenoxy) is 4. The molecule has 1 heterocycles. The molecule has 0 aliphatic carbocycles. The van der Waals surface area contributed by atoms with Crippen LogP contribution in [0.5, 0.6) is 23.0 Å². The minimum Gasteiger partial charge on any atom is -0.487 e. The second-order valence-corrected chi connectivity index (χ2v) is 14.2. The van der Waals surface area contributed by atoms with Gasteiger partial charge in [0.15, 0.2) is 23.0 Å². The number of para-hydroxylation sites is 4. The van der Waals surface area contributed by atoms with Crippen molar-refractivity contribution in [2.75, 3.05) is 26.4 Å². The highest BCUT2D eigenvalue weighted by Gasteiger charge is 2.16. The average Bonchev–Trinajstić information content (AvgIpc) is 3.11. The summed E-state index contributed by atoms with van der Waals surface area (Å²) in [4.78, 5) is 4.80. The largest absolute Gasteiger partial charge is 0.487 e. The van der Waals surface area contributed by atoms with E-state index in [2.05, 4.69) is 4.98 Å². The predicted molar refractivity (Wildman–Crippen MR) is 185 cm³/mol. The lowest BCUT2D eigenvalue weighted by atomic mass is 10.2. The van der Waals surface area contributed by atoms with Crippen LogP contribution in [0, 0.1) is 13.8 Å². The fourth-order valence-corrected chi connectivity index (χ4v) is 6.29. The third-order valence-electron chi connectivity index (χ3n) is 7.09. The van der Waals surface area contributed by atoms with Gasteiger partial charge >= 0.3 is 0 Å². The van der Waals surface area contributed by atoms with E-state index in [0.29, 0.717) is 34.4 Å². The molecule has 0 radical (unpaired) electrons. The van der Waals surface area contributed by atoms with Crippen LogP contribution in [0.25, 0.3) is 0 Å². The van der Waals surface area contributed by atoms with Crippen LogP contribution in [0.3, 0.4) is 0 Å². The van der Waals surface area contributed by atoms with Crippen LogP contribution in [-0.4, -0.2) is 48.2 Å². The number of hydrogen-bond acceptors (Lipinski definition) is 11. The van der Waals surface area contributed by atoms with Crippen LogP contribution in [-0.2, 0) is 41.8 Å².